The van der Waals surface area contributed by atoms with Gasteiger partial charge in [-0.1, -0.05) is 0 Å². The molecule has 0 aliphatic carbocycles. The van der Waals surface area contributed by atoms with E-state index in [4.69, 9.17) is 9.47 Å². The first-order valence-corrected chi connectivity index (χ1v) is 3.54. The third kappa shape index (κ3) is 2.35. The monoisotopic (exact) mass is 144 g/mol. The van der Waals surface area contributed by atoms with E-state index in [-0.39, 0.29) is 12.1 Å². The highest BCUT2D eigenvalue weighted by Gasteiger charge is 2.15. The van der Waals surface area contributed by atoms with E-state index in [0.29, 0.717) is 6.61 Å². The Morgan fingerprint density at radius 1 is 1.80 bits per heavy atom. The van der Waals surface area contributed by atoms with Gasteiger partial charge in [-0.15, -0.1) is 0 Å². The van der Waals surface area contributed by atoms with Gasteiger partial charge in [0.05, 0.1) is 6.10 Å². The summed E-state index contributed by atoms with van der Waals surface area (Å²) >= 11 is 0. The summed E-state index contributed by atoms with van der Waals surface area (Å²) in [6, 6.07) is 0. The summed E-state index contributed by atoms with van der Waals surface area (Å²) in [5.41, 5.74) is 0. The molecule has 1 aliphatic rings. The van der Waals surface area contributed by atoms with Crippen molar-refractivity contribution in [3.63, 3.8) is 0 Å². The van der Waals surface area contributed by atoms with Crippen molar-refractivity contribution in [2.75, 3.05) is 13.2 Å². The van der Waals surface area contributed by atoms with Crippen molar-refractivity contribution in [3.05, 3.63) is 0 Å². The van der Waals surface area contributed by atoms with E-state index in [2.05, 4.69) is 0 Å². The van der Waals surface area contributed by atoms with Crippen LogP contribution in [-0.2, 0) is 14.3 Å². The molecule has 0 aromatic rings. The second-order valence-electron chi connectivity index (χ2n) is 2.44. The standard InChI is InChI=1S/C7H12O3/c1-6(8)10-5-7-3-2-4-9-7/h7H,2-5H2,1H3/t7-/m0/s1. The maximum Gasteiger partial charge on any atom is 0.302 e. The molecule has 58 valence electrons. The maximum absolute atomic E-state index is 10.3. The van der Waals surface area contributed by atoms with Crippen molar-refractivity contribution in [1.29, 1.82) is 0 Å². The Kier molecular flexibility index (Phi) is 2.68. The summed E-state index contributed by atoms with van der Waals surface area (Å²) in [4.78, 5) is 10.3. The van der Waals surface area contributed by atoms with Crippen molar-refractivity contribution < 1.29 is 14.3 Å². The summed E-state index contributed by atoms with van der Waals surface area (Å²) < 4.78 is 9.99. The van der Waals surface area contributed by atoms with Crippen LogP contribution >= 0.6 is 0 Å². The fourth-order valence-corrected chi connectivity index (χ4v) is 0.986. The highest BCUT2D eigenvalue weighted by atomic mass is 16.6. The van der Waals surface area contributed by atoms with Gasteiger partial charge in [0.2, 0.25) is 0 Å². The van der Waals surface area contributed by atoms with Crippen LogP contribution in [0.2, 0.25) is 0 Å². The SMILES string of the molecule is CC(=O)OC[C@@H]1CCCO1. The van der Waals surface area contributed by atoms with E-state index >= 15 is 0 Å². The van der Waals surface area contributed by atoms with E-state index in [0.717, 1.165) is 19.4 Å². The highest BCUT2D eigenvalue weighted by Crippen LogP contribution is 2.11. The first-order chi connectivity index (χ1) is 4.79. The molecule has 0 aromatic heterocycles. The Labute approximate surface area is 60.3 Å². The molecule has 0 amide bonds. The second kappa shape index (κ2) is 3.56. The van der Waals surface area contributed by atoms with Gasteiger partial charge in [-0.05, 0) is 12.8 Å². The van der Waals surface area contributed by atoms with Crippen molar-refractivity contribution in [1.82, 2.24) is 0 Å². The Morgan fingerprint density at radius 3 is 3.10 bits per heavy atom. The Balaban J connectivity index is 2.07. The van der Waals surface area contributed by atoms with Crippen molar-refractivity contribution in [2.45, 2.75) is 25.9 Å². The van der Waals surface area contributed by atoms with Crippen LogP contribution in [0.15, 0.2) is 0 Å². The quantitative estimate of drug-likeness (QED) is 0.536. The van der Waals surface area contributed by atoms with Crippen LogP contribution in [0.5, 0.6) is 0 Å². The molecule has 0 saturated carbocycles. The van der Waals surface area contributed by atoms with Crippen LogP contribution in [0.3, 0.4) is 0 Å². The van der Waals surface area contributed by atoms with Crippen molar-refractivity contribution >= 4 is 5.97 Å². The van der Waals surface area contributed by atoms with Crippen LogP contribution in [0.25, 0.3) is 0 Å². The Hall–Kier alpha value is -0.570. The summed E-state index contributed by atoms with van der Waals surface area (Å²) in [7, 11) is 0. The molecule has 1 fully saturated rings. The molecule has 1 aliphatic heterocycles. The average Bonchev–Trinajstić information content (AvgIpc) is 2.34. The topological polar surface area (TPSA) is 35.5 Å². The average molecular weight is 144 g/mol. The maximum atomic E-state index is 10.3. The van der Waals surface area contributed by atoms with E-state index in [1.807, 2.05) is 0 Å². The number of esters is 1. The van der Waals surface area contributed by atoms with Gasteiger partial charge in [0.15, 0.2) is 0 Å². The third-order valence-electron chi connectivity index (χ3n) is 1.50. The zero-order valence-corrected chi connectivity index (χ0v) is 6.13. The zero-order valence-electron chi connectivity index (χ0n) is 6.13. The molecule has 1 saturated heterocycles. The number of hydrogen-bond acceptors (Lipinski definition) is 3. The minimum absolute atomic E-state index is 0.156. The lowest BCUT2D eigenvalue weighted by atomic mass is 10.2. The first kappa shape index (κ1) is 7.54. The lowest BCUT2D eigenvalue weighted by Gasteiger charge is -2.07. The van der Waals surface area contributed by atoms with Gasteiger partial charge in [-0.2, -0.15) is 0 Å². The molecule has 3 heteroatoms. The lowest BCUT2D eigenvalue weighted by molar-refractivity contribution is -0.144. The molecular weight excluding hydrogens is 132 g/mol. The number of carbonyl (C=O) groups is 1. The molecule has 3 nitrogen and oxygen atoms in total. The minimum atomic E-state index is -0.226. The van der Waals surface area contributed by atoms with Gasteiger partial charge in [0, 0.05) is 13.5 Å². The Bertz CT molecular complexity index is 116. The molecule has 0 aromatic carbocycles. The summed E-state index contributed by atoms with van der Waals surface area (Å²) in [6.45, 7) is 2.65. The fourth-order valence-electron chi connectivity index (χ4n) is 0.986. The van der Waals surface area contributed by atoms with Gasteiger partial charge in [0.25, 0.3) is 0 Å². The van der Waals surface area contributed by atoms with Crippen LogP contribution in [0.1, 0.15) is 19.8 Å². The smallest absolute Gasteiger partial charge is 0.302 e. The largest absolute Gasteiger partial charge is 0.463 e. The van der Waals surface area contributed by atoms with Crippen LogP contribution in [0.4, 0.5) is 0 Å². The molecule has 0 unspecified atom stereocenters. The number of rotatable bonds is 2. The van der Waals surface area contributed by atoms with E-state index < -0.39 is 0 Å². The van der Waals surface area contributed by atoms with Crippen LogP contribution in [-0.4, -0.2) is 25.3 Å². The lowest BCUT2D eigenvalue weighted by Crippen LogP contribution is -2.15. The van der Waals surface area contributed by atoms with Gasteiger partial charge in [-0.25, -0.2) is 0 Å². The second-order valence-corrected chi connectivity index (χ2v) is 2.44. The fraction of sp³-hybridized carbons (Fsp3) is 0.857. The third-order valence-corrected chi connectivity index (χ3v) is 1.50. The zero-order chi connectivity index (χ0) is 7.40. The van der Waals surface area contributed by atoms with Gasteiger partial charge >= 0.3 is 5.97 Å². The Morgan fingerprint density at radius 2 is 2.60 bits per heavy atom. The molecule has 1 heterocycles. The van der Waals surface area contributed by atoms with E-state index in [9.17, 15) is 4.79 Å². The van der Waals surface area contributed by atoms with Crippen molar-refractivity contribution in [2.24, 2.45) is 0 Å². The molecule has 10 heavy (non-hydrogen) atoms. The number of hydrogen-bond donors (Lipinski definition) is 0. The van der Waals surface area contributed by atoms with Crippen LogP contribution in [0, 0.1) is 0 Å². The molecule has 0 radical (unpaired) electrons. The van der Waals surface area contributed by atoms with E-state index in [1.54, 1.807) is 0 Å². The van der Waals surface area contributed by atoms with Gasteiger partial charge in [0.1, 0.15) is 6.61 Å². The molecular formula is C7H12O3. The summed E-state index contributed by atoms with van der Waals surface area (Å²) in [6.07, 6.45) is 2.27. The molecule has 1 rings (SSSR count). The predicted molar refractivity (Wildman–Crippen MR) is 35.6 cm³/mol. The molecule has 0 spiro atoms. The van der Waals surface area contributed by atoms with Crippen LogP contribution < -0.4 is 0 Å². The predicted octanol–water partition coefficient (Wildman–Crippen LogP) is 0.728. The van der Waals surface area contributed by atoms with Gasteiger partial charge < -0.3 is 9.47 Å². The number of ether oxygens (including phenoxy) is 2. The molecule has 0 N–H and O–H groups in total. The van der Waals surface area contributed by atoms with Crippen molar-refractivity contribution in [3.8, 4) is 0 Å². The number of carbonyl (C=O) groups excluding carboxylic acids is 1. The van der Waals surface area contributed by atoms with E-state index in [1.165, 1.54) is 6.92 Å². The first-order valence-electron chi connectivity index (χ1n) is 3.54. The normalized spacial score (nSPS) is 24.7. The summed E-state index contributed by atoms with van der Waals surface area (Å²) in [5, 5.41) is 0. The summed E-state index contributed by atoms with van der Waals surface area (Å²) in [5.74, 6) is -0.226. The van der Waals surface area contributed by atoms with Gasteiger partial charge in [-0.3, -0.25) is 4.79 Å². The molecule has 1 atom stereocenters. The minimum Gasteiger partial charge on any atom is -0.463 e. The highest BCUT2D eigenvalue weighted by molar-refractivity contribution is 5.65. The molecule has 0 bridgehead atoms.